The van der Waals surface area contributed by atoms with Gasteiger partial charge in [0.25, 0.3) is 0 Å². The molecule has 28 heavy (non-hydrogen) atoms. The Kier molecular flexibility index (Phi) is 6.34. The summed E-state index contributed by atoms with van der Waals surface area (Å²) in [5.74, 6) is 0.650. The smallest absolute Gasteiger partial charge is 0.243 e. The maximum atomic E-state index is 13.1. The molecule has 0 amide bonds. The molecule has 0 bridgehead atoms. The lowest BCUT2D eigenvalue weighted by molar-refractivity contribution is 0.421. The van der Waals surface area contributed by atoms with Crippen LogP contribution in [0, 0.1) is 6.92 Å². The molecular weight excluding hydrogens is 394 g/mol. The molecule has 0 unspecified atom stereocenters. The summed E-state index contributed by atoms with van der Waals surface area (Å²) in [7, 11) is -3.66. The zero-order valence-electron chi connectivity index (χ0n) is 15.6. The minimum absolute atomic E-state index is 0.149. The van der Waals surface area contributed by atoms with Crippen molar-refractivity contribution >= 4 is 21.6 Å². The van der Waals surface area contributed by atoms with E-state index in [9.17, 15) is 8.42 Å². The molecule has 0 fully saturated rings. The second kappa shape index (κ2) is 8.73. The predicted octanol–water partition coefficient (Wildman–Crippen LogP) is 4.27. The van der Waals surface area contributed by atoms with Crippen molar-refractivity contribution in [1.29, 1.82) is 0 Å². The minimum Gasteiger partial charge on any atom is -0.329 e. The maximum Gasteiger partial charge on any atom is 0.243 e. The maximum absolute atomic E-state index is 13.1. The summed E-state index contributed by atoms with van der Waals surface area (Å²) >= 11 is 6.07. The van der Waals surface area contributed by atoms with Crippen molar-refractivity contribution in [3.63, 3.8) is 0 Å². The number of hydrogen-bond acceptors (Lipinski definition) is 3. The molecule has 1 heterocycles. The number of benzene rings is 2. The van der Waals surface area contributed by atoms with E-state index in [4.69, 9.17) is 11.6 Å². The lowest BCUT2D eigenvalue weighted by Gasteiger charge is -2.21. The molecule has 146 valence electrons. The van der Waals surface area contributed by atoms with Gasteiger partial charge in [0.2, 0.25) is 10.0 Å². The van der Waals surface area contributed by atoms with E-state index >= 15 is 0 Å². The molecule has 0 aliphatic heterocycles. The molecule has 0 N–H and O–H groups in total. The van der Waals surface area contributed by atoms with Crippen LogP contribution in [-0.2, 0) is 23.1 Å². The number of sulfonamides is 1. The van der Waals surface area contributed by atoms with E-state index in [-0.39, 0.29) is 18.0 Å². The summed E-state index contributed by atoms with van der Waals surface area (Å²) in [6.07, 6.45) is 5.08. The van der Waals surface area contributed by atoms with Gasteiger partial charge in [0.1, 0.15) is 5.82 Å². The number of aromatic nitrogens is 2. The van der Waals surface area contributed by atoms with Crippen molar-refractivity contribution in [3.8, 4) is 0 Å². The molecule has 0 saturated heterocycles. The predicted molar refractivity (Wildman–Crippen MR) is 112 cm³/mol. The van der Waals surface area contributed by atoms with E-state index < -0.39 is 10.0 Å². The highest BCUT2D eigenvalue weighted by Gasteiger charge is 2.25. The lowest BCUT2D eigenvalue weighted by Crippen LogP contribution is -2.32. The zero-order valence-corrected chi connectivity index (χ0v) is 17.2. The fourth-order valence-electron chi connectivity index (χ4n) is 2.88. The van der Waals surface area contributed by atoms with Gasteiger partial charge in [-0.25, -0.2) is 13.4 Å². The molecule has 2 aromatic carbocycles. The van der Waals surface area contributed by atoms with Gasteiger partial charge in [-0.1, -0.05) is 47.5 Å². The third kappa shape index (κ3) is 4.70. The lowest BCUT2D eigenvalue weighted by atomic mass is 10.2. The van der Waals surface area contributed by atoms with Crippen molar-refractivity contribution in [2.45, 2.75) is 24.9 Å². The van der Waals surface area contributed by atoms with Gasteiger partial charge in [-0.3, -0.25) is 0 Å². The van der Waals surface area contributed by atoms with Gasteiger partial charge < -0.3 is 4.57 Å². The number of hydrogen-bond donors (Lipinski definition) is 0. The molecule has 7 heteroatoms. The van der Waals surface area contributed by atoms with Crippen LogP contribution in [0.1, 0.15) is 17.0 Å². The van der Waals surface area contributed by atoms with Crippen molar-refractivity contribution < 1.29 is 8.42 Å². The van der Waals surface area contributed by atoms with Crippen molar-refractivity contribution in [2.24, 2.45) is 0 Å². The van der Waals surface area contributed by atoms with Crippen LogP contribution in [0.5, 0.6) is 0 Å². The normalized spacial score (nSPS) is 11.7. The van der Waals surface area contributed by atoms with Gasteiger partial charge in [0.05, 0.1) is 11.4 Å². The van der Waals surface area contributed by atoms with Crippen LogP contribution in [0.15, 0.2) is 78.5 Å². The van der Waals surface area contributed by atoms with Crippen molar-refractivity contribution in [3.05, 3.63) is 95.6 Å². The Morgan fingerprint density at radius 2 is 1.96 bits per heavy atom. The van der Waals surface area contributed by atoms with Crippen LogP contribution in [0.4, 0.5) is 0 Å². The largest absolute Gasteiger partial charge is 0.329 e. The Bertz CT molecular complexity index is 1060. The Balaban J connectivity index is 1.86. The molecule has 3 rings (SSSR count). The van der Waals surface area contributed by atoms with Gasteiger partial charge >= 0.3 is 0 Å². The Morgan fingerprint density at radius 3 is 2.64 bits per heavy atom. The molecule has 1 aromatic heterocycles. The standard InChI is InChI=1S/C21H22ClN3O2S/c1-3-12-25(28(26,27)20-9-7-17(2)8-10-20)16-21-23-11-13-24(21)15-18-5-4-6-19(22)14-18/h3-11,13-14H,1,12,15-16H2,2H3. The van der Waals surface area contributed by atoms with Crippen LogP contribution in [0.3, 0.4) is 0 Å². The van der Waals surface area contributed by atoms with Gasteiger partial charge in [-0.2, -0.15) is 4.31 Å². The highest BCUT2D eigenvalue weighted by molar-refractivity contribution is 7.89. The second-order valence-corrected chi connectivity index (χ2v) is 8.87. The molecule has 0 atom stereocenters. The summed E-state index contributed by atoms with van der Waals surface area (Å²) in [6.45, 7) is 6.53. The number of nitrogens with zero attached hydrogens (tertiary/aromatic N) is 3. The molecule has 0 spiro atoms. The van der Waals surface area contributed by atoms with E-state index in [1.54, 1.807) is 36.5 Å². The quantitative estimate of drug-likeness (QED) is 0.516. The zero-order chi connectivity index (χ0) is 20.1. The molecule has 5 nitrogen and oxygen atoms in total. The van der Waals surface area contributed by atoms with E-state index in [0.717, 1.165) is 11.1 Å². The molecule has 0 aliphatic carbocycles. The van der Waals surface area contributed by atoms with Gasteiger partial charge in [0.15, 0.2) is 0 Å². The Morgan fingerprint density at radius 1 is 1.21 bits per heavy atom. The topological polar surface area (TPSA) is 55.2 Å². The minimum atomic E-state index is -3.66. The van der Waals surface area contributed by atoms with Gasteiger partial charge in [-0.15, -0.1) is 6.58 Å². The summed E-state index contributed by atoms with van der Waals surface area (Å²) in [5, 5.41) is 0.661. The first-order chi connectivity index (χ1) is 13.4. The average Bonchev–Trinajstić information content (AvgIpc) is 3.08. The third-order valence-corrected chi connectivity index (χ3v) is 6.41. The number of imidazole rings is 1. The Labute approximate surface area is 171 Å². The monoisotopic (exact) mass is 415 g/mol. The highest BCUT2D eigenvalue weighted by atomic mass is 35.5. The SMILES string of the molecule is C=CCN(Cc1nccn1Cc1cccc(Cl)c1)S(=O)(=O)c1ccc(C)cc1. The summed E-state index contributed by atoms with van der Waals surface area (Å²) in [5.41, 5.74) is 2.02. The Hall–Kier alpha value is -2.41. The van der Waals surface area contributed by atoms with Crippen molar-refractivity contribution in [1.82, 2.24) is 13.9 Å². The van der Waals surface area contributed by atoms with Crippen LogP contribution in [0.25, 0.3) is 0 Å². The summed E-state index contributed by atoms with van der Waals surface area (Å²) in [4.78, 5) is 4.63. The molecule has 0 radical (unpaired) electrons. The summed E-state index contributed by atoms with van der Waals surface area (Å²) < 4.78 is 29.5. The number of rotatable bonds is 8. The third-order valence-electron chi connectivity index (χ3n) is 4.35. The first-order valence-corrected chi connectivity index (χ1v) is 10.6. The first-order valence-electron chi connectivity index (χ1n) is 8.82. The van der Waals surface area contributed by atoms with E-state index in [0.29, 0.717) is 17.4 Å². The second-order valence-electron chi connectivity index (χ2n) is 6.50. The van der Waals surface area contributed by atoms with Gasteiger partial charge in [-0.05, 0) is 36.8 Å². The fraction of sp³-hybridized carbons (Fsp3) is 0.190. The van der Waals surface area contributed by atoms with Gasteiger partial charge in [0, 0.05) is 30.5 Å². The molecule has 0 saturated carbocycles. The van der Waals surface area contributed by atoms with E-state index in [1.807, 2.05) is 42.0 Å². The van der Waals surface area contributed by atoms with Crippen LogP contribution < -0.4 is 0 Å². The number of halogens is 1. The molecule has 0 aliphatic rings. The highest BCUT2D eigenvalue weighted by Crippen LogP contribution is 2.19. The summed E-state index contributed by atoms with van der Waals surface area (Å²) in [6, 6.07) is 14.4. The van der Waals surface area contributed by atoms with E-state index in [2.05, 4.69) is 11.6 Å². The van der Waals surface area contributed by atoms with Crippen LogP contribution in [0.2, 0.25) is 5.02 Å². The molecular formula is C21H22ClN3O2S. The molecule has 3 aromatic rings. The van der Waals surface area contributed by atoms with Crippen LogP contribution >= 0.6 is 11.6 Å². The van der Waals surface area contributed by atoms with E-state index in [1.165, 1.54) is 4.31 Å². The van der Waals surface area contributed by atoms with Crippen molar-refractivity contribution in [2.75, 3.05) is 6.54 Å². The average molecular weight is 416 g/mol. The fourth-order valence-corrected chi connectivity index (χ4v) is 4.45. The first kappa shape index (κ1) is 20.3. The number of aryl methyl sites for hydroxylation is 1. The van der Waals surface area contributed by atoms with Crippen LogP contribution in [-0.4, -0.2) is 28.8 Å².